The Bertz CT molecular complexity index is 852. The van der Waals surface area contributed by atoms with Gasteiger partial charge in [0.05, 0.1) is 11.3 Å². The minimum atomic E-state index is -4.39. The molecule has 0 aliphatic rings. The van der Waals surface area contributed by atoms with Gasteiger partial charge in [0.15, 0.2) is 0 Å². The number of rotatable bonds is 2. The molecule has 0 fully saturated rings. The highest BCUT2D eigenvalue weighted by molar-refractivity contribution is 7.13. The fourth-order valence-corrected chi connectivity index (χ4v) is 2.95. The minimum Gasteiger partial charge on any atom is -0.236 e. The molecule has 3 aromatic rings. The Hall–Kier alpha value is -2.21. The molecule has 23 heavy (non-hydrogen) atoms. The van der Waals surface area contributed by atoms with Crippen molar-refractivity contribution in [2.75, 3.05) is 0 Å². The molecule has 0 N–H and O–H groups in total. The van der Waals surface area contributed by atoms with Crippen molar-refractivity contribution in [2.45, 2.75) is 13.1 Å². The van der Waals surface area contributed by atoms with E-state index in [1.54, 1.807) is 30.5 Å². The Kier molecular flexibility index (Phi) is 3.93. The average Bonchev–Trinajstić information content (AvgIpc) is 2.99. The van der Waals surface area contributed by atoms with Gasteiger partial charge in [-0.25, -0.2) is 9.37 Å². The highest BCUT2D eigenvalue weighted by Crippen LogP contribution is 2.34. The first-order valence-electron chi connectivity index (χ1n) is 6.74. The summed E-state index contributed by atoms with van der Waals surface area (Å²) in [5.74, 6) is -0.335. The molecule has 0 spiro atoms. The van der Waals surface area contributed by atoms with E-state index < -0.39 is 11.7 Å². The van der Waals surface area contributed by atoms with Crippen molar-refractivity contribution in [3.63, 3.8) is 0 Å². The molecule has 1 nitrogen and oxygen atoms in total. The molecule has 0 aliphatic carbocycles. The lowest BCUT2D eigenvalue weighted by molar-refractivity contribution is -0.137. The molecular formula is C17H11F4NS. The number of hydrogen-bond acceptors (Lipinski definition) is 2. The second kappa shape index (κ2) is 5.77. The van der Waals surface area contributed by atoms with Gasteiger partial charge in [-0.15, -0.1) is 11.3 Å². The van der Waals surface area contributed by atoms with Crippen LogP contribution in [0.25, 0.3) is 21.8 Å². The topological polar surface area (TPSA) is 12.9 Å². The number of alkyl halides is 3. The lowest BCUT2D eigenvalue weighted by Gasteiger charge is -2.07. The highest BCUT2D eigenvalue weighted by atomic mass is 32.1. The smallest absolute Gasteiger partial charge is 0.236 e. The predicted molar refractivity (Wildman–Crippen MR) is 82.7 cm³/mol. The first-order chi connectivity index (χ1) is 10.8. The Balaban J connectivity index is 1.97. The Morgan fingerprint density at radius 1 is 1.00 bits per heavy atom. The number of thiazole rings is 1. The Morgan fingerprint density at radius 2 is 1.78 bits per heavy atom. The molecule has 118 valence electrons. The van der Waals surface area contributed by atoms with Crippen LogP contribution in [0.5, 0.6) is 0 Å². The van der Waals surface area contributed by atoms with Crippen LogP contribution in [0.3, 0.4) is 0 Å². The maximum absolute atomic E-state index is 13.6. The van der Waals surface area contributed by atoms with Gasteiger partial charge in [0, 0.05) is 16.5 Å². The van der Waals surface area contributed by atoms with E-state index in [4.69, 9.17) is 0 Å². The van der Waals surface area contributed by atoms with Crippen molar-refractivity contribution in [3.8, 4) is 21.8 Å². The van der Waals surface area contributed by atoms with Gasteiger partial charge in [0.1, 0.15) is 10.8 Å². The summed E-state index contributed by atoms with van der Waals surface area (Å²) in [6.07, 6.45) is -4.39. The molecular weight excluding hydrogens is 326 g/mol. The first kappa shape index (κ1) is 15.7. The van der Waals surface area contributed by atoms with Gasteiger partial charge < -0.3 is 0 Å². The fourth-order valence-electron chi connectivity index (χ4n) is 2.12. The summed E-state index contributed by atoms with van der Waals surface area (Å²) in [6, 6.07) is 9.78. The van der Waals surface area contributed by atoms with Crippen LogP contribution in [0.1, 0.15) is 11.1 Å². The van der Waals surface area contributed by atoms with Crippen LogP contribution in [0, 0.1) is 12.7 Å². The summed E-state index contributed by atoms with van der Waals surface area (Å²) in [5.41, 5.74) is 1.25. The van der Waals surface area contributed by atoms with Crippen LogP contribution in [-0.2, 0) is 6.18 Å². The molecule has 0 saturated carbocycles. The van der Waals surface area contributed by atoms with E-state index in [0.717, 1.165) is 12.1 Å². The summed E-state index contributed by atoms with van der Waals surface area (Å²) in [5, 5.41) is 2.24. The molecule has 2 aromatic carbocycles. The zero-order valence-electron chi connectivity index (χ0n) is 12.0. The van der Waals surface area contributed by atoms with Gasteiger partial charge in [0.2, 0.25) is 0 Å². The van der Waals surface area contributed by atoms with Crippen molar-refractivity contribution < 1.29 is 17.6 Å². The average molecular weight is 337 g/mol. The molecule has 0 unspecified atom stereocenters. The van der Waals surface area contributed by atoms with Crippen molar-refractivity contribution >= 4 is 11.3 Å². The molecule has 1 heterocycles. The third kappa shape index (κ3) is 3.27. The maximum Gasteiger partial charge on any atom is 0.416 e. The maximum atomic E-state index is 13.6. The number of aryl methyl sites for hydroxylation is 1. The van der Waals surface area contributed by atoms with Crippen molar-refractivity contribution in [2.24, 2.45) is 0 Å². The van der Waals surface area contributed by atoms with Gasteiger partial charge in [0.25, 0.3) is 0 Å². The van der Waals surface area contributed by atoms with Gasteiger partial charge >= 0.3 is 6.18 Å². The summed E-state index contributed by atoms with van der Waals surface area (Å²) < 4.78 is 52.0. The first-order valence-corrected chi connectivity index (χ1v) is 7.62. The van der Waals surface area contributed by atoms with E-state index in [1.807, 2.05) is 0 Å². The lowest BCUT2D eigenvalue weighted by atomic mass is 10.1. The Morgan fingerprint density at radius 3 is 2.48 bits per heavy atom. The molecule has 0 aliphatic heterocycles. The summed E-state index contributed by atoms with van der Waals surface area (Å²) in [7, 11) is 0. The molecule has 0 bridgehead atoms. The molecule has 0 amide bonds. The fraction of sp³-hybridized carbons (Fsp3) is 0.118. The van der Waals surface area contributed by atoms with E-state index in [9.17, 15) is 17.6 Å². The number of halogens is 4. The van der Waals surface area contributed by atoms with Gasteiger partial charge in [-0.3, -0.25) is 0 Å². The molecule has 0 saturated heterocycles. The second-order valence-electron chi connectivity index (χ2n) is 5.08. The van der Waals surface area contributed by atoms with E-state index in [2.05, 4.69) is 4.98 Å². The monoisotopic (exact) mass is 337 g/mol. The van der Waals surface area contributed by atoms with E-state index in [1.165, 1.54) is 23.5 Å². The normalized spacial score (nSPS) is 11.7. The van der Waals surface area contributed by atoms with Gasteiger partial charge in [-0.1, -0.05) is 24.3 Å². The van der Waals surface area contributed by atoms with E-state index in [0.29, 0.717) is 27.4 Å². The second-order valence-corrected chi connectivity index (χ2v) is 5.94. The largest absolute Gasteiger partial charge is 0.416 e. The highest BCUT2D eigenvalue weighted by Gasteiger charge is 2.30. The molecule has 3 rings (SSSR count). The quantitative estimate of drug-likeness (QED) is 0.527. The van der Waals surface area contributed by atoms with Crippen LogP contribution in [0.4, 0.5) is 17.6 Å². The number of nitrogens with zero attached hydrogens (tertiary/aromatic N) is 1. The zero-order valence-corrected chi connectivity index (χ0v) is 12.8. The van der Waals surface area contributed by atoms with Crippen LogP contribution < -0.4 is 0 Å². The van der Waals surface area contributed by atoms with Gasteiger partial charge in [-0.05, 0) is 30.7 Å². The van der Waals surface area contributed by atoms with E-state index in [-0.39, 0.29) is 5.82 Å². The predicted octanol–water partition coefficient (Wildman–Crippen LogP) is 5.94. The molecule has 6 heteroatoms. The number of hydrogen-bond donors (Lipinski definition) is 0. The minimum absolute atomic E-state index is 0.335. The molecule has 0 atom stereocenters. The van der Waals surface area contributed by atoms with Crippen molar-refractivity contribution in [3.05, 3.63) is 64.8 Å². The summed E-state index contributed by atoms with van der Waals surface area (Å²) in [6.45, 7) is 1.66. The van der Waals surface area contributed by atoms with Crippen LogP contribution in [-0.4, -0.2) is 4.98 Å². The molecule has 1 aromatic heterocycles. The van der Waals surface area contributed by atoms with Crippen molar-refractivity contribution in [1.29, 1.82) is 0 Å². The number of aromatic nitrogens is 1. The van der Waals surface area contributed by atoms with Crippen LogP contribution in [0.2, 0.25) is 0 Å². The SMILES string of the molecule is Cc1ccc(-c2nc(-c3cccc(C(F)(F)F)c3)cs2)cc1F. The van der Waals surface area contributed by atoms with Crippen molar-refractivity contribution in [1.82, 2.24) is 4.98 Å². The zero-order chi connectivity index (χ0) is 16.6. The van der Waals surface area contributed by atoms with Gasteiger partial charge in [-0.2, -0.15) is 13.2 Å². The molecule has 0 radical (unpaired) electrons. The third-order valence-electron chi connectivity index (χ3n) is 3.41. The lowest BCUT2D eigenvalue weighted by Crippen LogP contribution is -2.04. The third-order valence-corrected chi connectivity index (χ3v) is 4.30. The van der Waals surface area contributed by atoms with Crippen LogP contribution >= 0.6 is 11.3 Å². The van der Waals surface area contributed by atoms with E-state index >= 15 is 0 Å². The summed E-state index contributed by atoms with van der Waals surface area (Å²) in [4.78, 5) is 4.33. The summed E-state index contributed by atoms with van der Waals surface area (Å²) >= 11 is 1.27. The van der Waals surface area contributed by atoms with Crippen LogP contribution in [0.15, 0.2) is 47.8 Å². The number of benzene rings is 2. The standard InChI is InChI=1S/C17H11F4NS/c1-10-5-6-12(8-14(10)18)16-22-15(9-23-16)11-3-2-4-13(7-11)17(19,20)21/h2-9H,1H3. The Labute approximate surface area is 134 Å².